The number of nitrogens with one attached hydrogen (secondary N) is 1. The molecule has 2 amide bonds. The van der Waals surface area contributed by atoms with E-state index in [0.717, 1.165) is 22.7 Å². The molecule has 3 aromatic rings. The lowest BCUT2D eigenvalue weighted by Gasteiger charge is -2.10. The Morgan fingerprint density at radius 2 is 1.79 bits per heavy atom. The summed E-state index contributed by atoms with van der Waals surface area (Å²) in [6.07, 6.45) is 1.65. The number of thioether (sulfide) groups is 1. The predicted molar refractivity (Wildman–Crippen MR) is 107 cm³/mol. The van der Waals surface area contributed by atoms with Crippen LogP contribution in [-0.2, 0) is 18.4 Å². The first-order valence-corrected chi connectivity index (χ1v) is 9.25. The average molecular weight is 393 g/mol. The molecule has 2 aromatic carbocycles. The number of fused-ring (bicyclic) bond motifs is 1. The van der Waals surface area contributed by atoms with Crippen LogP contribution in [0.25, 0.3) is 16.8 Å². The van der Waals surface area contributed by atoms with Crippen LogP contribution in [0.4, 0.5) is 4.79 Å². The summed E-state index contributed by atoms with van der Waals surface area (Å²) in [5.74, 6) is 0.240. The van der Waals surface area contributed by atoms with Crippen LogP contribution in [-0.4, -0.2) is 20.9 Å². The van der Waals surface area contributed by atoms with Crippen molar-refractivity contribution in [2.45, 2.75) is 6.61 Å². The number of nitrogens with zero attached hydrogens (tertiary/aromatic N) is 2. The molecule has 1 aliphatic heterocycles. The number of carbonyl (C=O) groups excluding carboxylic acids is 2. The highest BCUT2D eigenvalue weighted by atomic mass is 32.2. The highest BCUT2D eigenvalue weighted by molar-refractivity contribution is 8.18. The average Bonchev–Trinajstić information content (AvgIpc) is 3.01. The zero-order chi connectivity index (χ0) is 19.7. The van der Waals surface area contributed by atoms with Gasteiger partial charge in [0.05, 0.1) is 10.3 Å². The minimum absolute atomic E-state index is 0.149. The Kier molecular flexibility index (Phi) is 4.70. The third kappa shape index (κ3) is 3.54. The lowest BCUT2D eigenvalue weighted by molar-refractivity contribution is -0.115. The molecular formula is C20H15N3O4S. The zero-order valence-corrected chi connectivity index (χ0v) is 15.7. The number of carbonyl (C=O) groups is 2. The molecule has 1 aromatic heterocycles. The van der Waals surface area contributed by atoms with Gasteiger partial charge in [0, 0.05) is 12.4 Å². The van der Waals surface area contributed by atoms with Crippen molar-refractivity contribution in [3.8, 4) is 5.75 Å². The summed E-state index contributed by atoms with van der Waals surface area (Å²) >= 11 is 0.878. The third-order valence-electron chi connectivity index (χ3n) is 4.23. The Bertz CT molecular complexity index is 1180. The van der Waals surface area contributed by atoms with E-state index in [1.54, 1.807) is 43.5 Å². The van der Waals surface area contributed by atoms with Crippen LogP contribution in [0.15, 0.2) is 58.2 Å². The fourth-order valence-corrected chi connectivity index (χ4v) is 3.55. The molecule has 0 atom stereocenters. The van der Waals surface area contributed by atoms with E-state index in [4.69, 9.17) is 4.74 Å². The molecule has 0 radical (unpaired) electrons. The molecule has 0 bridgehead atoms. The predicted octanol–water partition coefficient (Wildman–Crippen LogP) is 2.84. The van der Waals surface area contributed by atoms with Crippen molar-refractivity contribution in [1.82, 2.24) is 15.1 Å². The first-order valence-electron chi connectivity index (χ1n) is 8.44. The second-order valence-electron chi connectivity index (χ2n) is 6.13. The number of aromatic nitrogens is 2. The summed E-state index contributed by atoms with van der Waals surface area (Å²) in [4.78, 5) is 35.3. The fourth-order valence-electron chi connectivity index (χ4n) is 2.87. The van der Waals surface area contributed by atoms with Gasteiger partial charge in [0.2, 0.25) is 0 Å². The number of ether oxygens (including phenoxy) is 1. The van der Waals surface area contributed by atoms with Crippen LogP contribution in [0, 0.1) is 0 Å². The van der Waals surface area contributed by atoms with Gasteiger partial charge in [0.15, 0.2) is 0 Å². The maximum atomic E-state index is 12.2. The number of benzene rings is 2. The van der Waals surface area contributed by atoms with Gasteiger partial charge in [-0.25, -0.2) is 4.68 Å². The second kappa shape index (κ2) is 7.32. The van der Waals surface area contributed by atoms with Gasteiger partial charge in [0.1, 0.15) is 18.1 Å². The van der Waals surface area contributed by atoms with E-state index in [0.29, 0.717) is 21.7 Å². The molecule has 1 saturated heterocycles. The zero-order valence-electron chi connectivity index (χ0n) is 14.8. The Hall–Kier alpha value is -3.39. The number of hydrogen-bond donors (Lipinski definition) is 1. The number of amides is 2. The Morgan fingerprint density at radius 1 is 1.07 bits per heavy atom. The molecule has 1 N–H and O–H groups in total. The Labute approximate surface area is 164 Å². The van der Waals surface area contributed by atoms with E-state index < -0.39 is 0 Å². The molecular weight excluding hydrogens is 378 g/mol. The van der Waals surface area contributed by atoms with Gasteiger partial charge in [-0.2, -0.15) is 5.10 Å². The van der Waals surface area contributed by atoms with Crippen molar-refractivity contribution in [2.24, 2.45) is 7.05 Å². The summed E-state index contributed by atoms with van der Waals surface area (Å²) < 4.78 is 7.13. The highest BCUT2D eigenvalue weighted by Gasteiger charge is 2.24. The first-order chi connectivity index (χ1) is 13.5. The van der Waals surface area contributed by atoms with E-state index in [1.165, 1.54) is 4.68 Å². The number of hydrogen-bond acceptors (Lipinski definition) is 6. The van der Waals surface area contributed by atoms with Gasteiger partial charge < -0.3 is 4.74 Å². The van der Waals surface area contributed by atoms with Gasteiger partial charge >= 0.3 is 0 Å². The van der Waals surface area contributed by atoms with E-state index >= 15 is 0 Å². The molecule has 7 nitrogen and oxygen atoms in total. The molecule has 28 heavy (non-hydrogen) atoms. The van der Waals surface area contributed by atoms with Crippen molar-refractivity contribution >= 4 is 39.8 Å². The van der Waals surface area contributed by atoms with Crippen molar-refractivity contribution in [1.29, 1.82) is 0 Å². The van der Waals surface area contributed by atoms with Gasteiger partial charge in [-0.3, -0.25) is 19.7 Å². The molecule has 1 fully saturated rings. The molecule has 0 saturated carbocycles. The van der Waals surface area contributed by atoms with Gasteiger partial charge in [-0.15, -0.1) is 0 Å². The highest BCUT2D eigenvalue weighted by Crippen LogP contribution is 2.26. The Morgan fingerprint density at radius 3 is 2.46 bits per heavy atom. The summed E-state index contributed by atoms with van der Waals surface area (Å²) in [6.45, 7) is 0.210. The summed E-state index contributed by atoms with van der Waals surface area (Å²) in [6, 6.07) is 14.4. The van der Waals surface area contributed by atoms with Gasteiger partial charge in [0.25, 0.3) is 16.7 Å². The Balaban J connectivity index is 1.52. The minimum atomic E-state index is -0.386. The summed E-state index contributed by atoms with van der Waals surface area (Å²) in [7, 11) is 1.61. The molecule has 1 aliphatic rings. The topological polar surface area (TPSA) is 90.3 Å². The minimum Gasteiger partial charge on any atom is -0.487 e. The van der Waals surface area contributed by atoms with Crippen molar-refractivity contribution in [2.75, 3.05) is 0 Å². The molecule has 140 valence electrons. The third-order valence-corrected chi connectivity index (χ3v) is 5.04. The van der Waals surface area contributed by atoms with E-state index in [-0.39, 0.29) is 23.3 Å². The van der Waals surface area contributed by atoms with E-state index in [1.807, 2.05) is 18.2 Å². The summed E-state index contributed by atoms with van der Waals surface area (Å²) in [5, 5.41) is 7.53. The molecule has 2 heterocycles. The van der Waals surface area contributed by atoms with Gasteiger partial charge in [-0.05, 0) is 41.6 Å². The molecule has 4 rings (SSSR count). The van der Waals surface area contributed by atoms with Crippen LogP contribution in [0.5, 0.6) is 5.75 Å². The maximum Gasteiger partial charge on any atom is 0.290 e. The van der Waals surface area contributed by atoms with Crippen LogP contribution in [0.1, 0.15) is 11.3 Å². The van der Waals surface area contributed by atoms with E-state index in [2.05, 4.69) is 10.4 Å². The van der Waals surface area contributed by atoms with Crippen LogP contribution in [0.2, 0.25) is 0 Å². The monoisotopic (exact) mass is 393 g/mol. The fraction of sp³-hybridized carbons (Fsp3) is 0.100. The molecule has 0 aliphatic carbocycles. The lowest BCUT2D eigenvalue weighted by Crippen LogP contribution is -2.22. The standard InChI is InChI=1S/C20H15N3O4S/c1-23-19(25)15-5-3-2-4-14(15)16(22-23)11-27-13-8-6-12(7-9-13)10-17-18(24)21-20(26)28-17/h2-10H,11H2,1H3,(H,21,24,26). The normalized spacial score (nSPS) is 15.2. The number of rotatable bonds is 4. The summed E-state index contributed by atoms with van der Waals surface area (Å²) in [5.41, 5.74) is 1.30. The molecule has 0 spiro atoms. The first kappa shape index (κ1) is 18.0. The van der Waals surface area contributed by atoms with Crippen molar-refractivity contribution in [3.05, 3.63) is 75.0 Å². The lowest BCUT2D eigenvalue weighted by atomic mass is 10.1. The number of imide groups is 1. The molecule has 8 heteroatoms. The SMILES string of the molecule is Cn1nc(COc2ccc(C=C3SC(=O)NC3=O)cc2)c2ccccc2c1=O. The smallest absolute Gasteiger partial charge is 0.290 e. The van der Waals surface area contributed by atoms with Crippen molar-refractivity contribution in [3.63, 3.8) is 0 Å². The van der Waals surface area contributed by atoms with Crippen LogP contribution >= 0.6 is 11.8 Å². The van der Waals surface area contributed by atoms with Crippen LogP contribution in [0.3, 0.4) is 0 Å². The second-order valence-corrected chi connectivity index (χ2v) is 7.15. The molecule has 0 unspecified atom stereocenters. The van der Waals surface area contributed by atoms with Crippen molar-refractivity contribution < 1.29 is 14.3 Å². The quantitative estimate of drug-likeness (QED) is 0.686. The largest absolute Gasteiger partial charge is 0.487 e. The van der Waals surface area contributed by atoms with Crippen LogP contribution < -0.4 is 15.6 Å². The maximum absolute atomic E-state index is 12.2. The van der Waals surface area contributed by atoms with E-state index in [9.17, 15) is 14.4 Å². The number of aryl methyl sites for hydroxylation is 1. The van der Waals surface area contributed by atoms with Gasteiger partial charge in [-0.1, -0.05) is 30.3 Å².